The summed E-state index contributed by atoms with van der Waals surface area (Å²) >= 11 is 3.44. The number of ether oxygens (including phenoxy) is 3. The number of benzene rings is 3. The van der Waals surface area contributed by atoms with Crippen molar-refractivity contribution in [3.63, 3.8) is 0 Å². The zero-order valence-electron chi connectivity index (χ0n) is 23.1. The van der Waals surface area contributed by atoms with Crippen molar-refractivity contribution < 1.29 is 32.2 Å². The number of rotatable bonds is 11. The van der Waals surface area contributed by atoms with Crippen molar-refractivity contribution in [3.05, 3.63) is 93.5 Å². The first-order valence-electron chi connectivity index (χ1n) is 13.1. The van der Waals surface area contributed by atoms with E-state index in [4.69, 9.17) is 14.2 Å². The largest absolute Gasteiger partial charge is 0.446 e. The number of carbonyl (C=O) groups is 2. The number of sulfone groups is 1. The topological polar surface area (TPSA) is 111 Å². The molecule has 1 fully saturated rings. The molecule has 2 amide bonds. The van der Waals surface area contributed by atoms with Gasteiger partial charge in [-0.3, -0.25) is 5.32 Å². The second-order valence-corrected chi connectivity index (χ2v) is 13.0. The molecule has 0 unspecified atom stereocenters. The molecule has 218 valence electrons. The Labute approximate surface area is 248 Å². The van der Waals surface area contributed by atoms with Crippen LogP contribution in [-0.2, 0) is 37.2 Å². The summed E-state index contributed by atoms with van der Waals surface area (Å²) in [5.41, 5.74) is 3.41. The SMILES string of the molecule is CO[C@@H](COC(=O)Nc1ccc(S(=O)(=O)C2CC2)c(CN(C)C(=O)OCc2ccccc2)c1)c1ccc(Br)cc1C. The molecular formula is C30H33BrN2O7S. The number of anilines is 1. The summed E-state index contributed by atoms with van der Waals surface area (Å²) in [4.78, 5) is 26.8. The lowest BCUT2D eigenvalue weighted by atomic mass is 10.0. The summed E-state index contributed by atoms with van der Waals surface area (Å²) in [6, 6.07) is 19.5. The van der Waals surface area contributed by atoms with Gasteiger partial charge in [0.2, 0.25) is 0 Å². The smallest absolute Gasteiger partial charge is 0.411 e. The molecule has 11 heteroatoms. The number of methoxy groups -OCH3 is 1. The molecular weight excluding hydrogens is 612 g/mol. The van der Waals surface area contributed by atoms with Crippen LogP contribution in [0.3, 0.4) is 0 Å². The average Bonchev–Trinajstić information content (AvgIpc) is 3.80. The van der Waals surface area contributed by atoms with E-state index in [0.29, 0.717) is 24.1 Å². The molecule has 0 heterocycles. The Morgan fingerprint density at radius 3 is 2.44 bits per heavy atom. The van der Waals surface area contributed by atoms with Crippen molar-refractivity contribution in [1.29, 1.82) is 0 Å². The van der Waals surface area contributed by atoms with Gasteiger partial charge in [-0.05, 0) is 72.4 Å². The fourth-order valence-electron chi connectivity index (χ4n) is 4.36. The molecule has 0 radical (unpaired) electrons. The molecule has 1 saturated carbocycles. The predicted molar refractivity (Wildman–Crippen MR) is 158 cm³/mol. The predicted octanol–water partition coefficient (Wildman–Crippen LogP) is 6.40. The van der Waals surface area contributed by atoms with Crippen molar-refractivity contribution >= 4 is 43.6 Å². The van der Waals surface area contributed by atoms with E-state index in [-0.39, 0.29) is 24.7 Å². The van der Waals surface area contributed by atoms with Crippen LogP contribution in [0.4, 0.5) is 15.3 Å². The molecule has 0 saturated heterocycles. The van der Waals surface area contributed by atoms with E-state index in [1.54, 1.807) is 13.2 Å². The monoisotopic (exact) mass is 644 g/mol. The molecule has 1 N–H and O–H groups in total. The quantitative estimate of drug-likeness (QED) is 0.257. The highest BCUT2D eigenvalue weighted by molar-refractivity contribution is 9.10. The first-order valence-corrected chi connectivity index (χ1v) is 15.4. The molecule has 3 aromatic rings. The van der Waals surface area contributed by atoms with Crippen molar-refractivity contribution in [2.24, 2.45) is 0 Å². The third-order valence-electron chi connectivity index (χ3n) is 6.73. The first kappa shape index (κ1) is 30.5. The highest BCUT2D eigenvalue weighted by atomic mass is 79.9. The molecule has 1 aliphatic carbocycles. The van der Waals surface area contributed by atoms with Gasteiger partial charge in [0, 0.05) is 24.3 Å². The van der Waals surface area contributed by atoms with E-state index < -0.39 is 33.4 Å². The van der Waals surface area contributed by atoms with Crippen LogP contribution in [0.15, 0.2) is 76.1 Å². The summed E-state index contributed by atoms with van der Waals surface area (Å²) in [6.07, 6.45) is -0.592. The Hall–Kier alpha value is -3.41. The Morgan fingerprint density at radius 1 is 1.05 bits per heavy atom. The van der Waals surface area contributed by atoms with Gasteiger partial charge in [-0.2, -0.15) is 0 Å². The third-order valence-corrected chi connectivity index (χ3v) is 9.58. The van der Waals surface area contributed by atoms with Gasteiger partial charge in [0.15, 0.2) is 9.84 Å². The summed E-state index contributed by atoms with van der Waals surface area (Å²) in [5.74, 6) is 0. The minimum absolute atomic E-state index is 0.0260. The number of carbonyl (C=O) groups excluding carboxylic acids is 2. The Morgan fingerprint density at radius 2 is 1.78 bits per heavy atom. The highest BCUT2D eigenvalue weighted by Gasteiger charge is 2.38. The van der Waals surface area contributed by atoms with E-state index in [1.807, 2.05) is 55.5 Å². The Bertz CT molecular complexity index is 1490. The van der Waals surface area contributed by atoms with E-state index in [1.165, 1.54) is 24.1 Å². The number of hydrogen-bond acceptors (Lipinski definition) is 7. The molecule has 0 aliphatic heterocycles. The second kappa shape index (κ2) is 13.5. The summed E-state index contributed by atoms with van der Waals surface area (Å²) in [7, 11) is -0.500. The number of halogens is 1. The van der Waals surface area contributed by atoms with Crippen LogP contribution < -0.4 is 5.32 Å². The van der Waals surface area contributed by atoms with Crippen LogP contribution >= 0.6 is 15.9 Å². The lowest BCUT2D eigenvalue weighted by Gasteiger charge is -2.20. The number of nitrogens with zero attached hydrogens (tertiary/aromatic N) is 1. The maximum Gasteiger partial charge on any atom is 0.411 e. The van der Waals surface area contributed by atoms with E-state index in [0.717, 1.165) is 21.2 Å². The molecule has 3 aromatic carbocycles. The maximum absolute atomic E-state index is 13.1. The van der Waals surface area contributed by atoms with E-state index in [2.05, 4.69) is 21.2 Å². The molecule has 0 aromatic heterocycles. The summed E-state index contributed by atoms with van der Waals surface area (Å²) in [6.45, 7) is 1.97. The van der Waals surface area contributed by atoms with Gasteiger partial charge in [-0.25, -0.2) is 18.0 Å². The van der Waals surface area contributed by atoms with E-state index >= 15 is 0 Å². The molecule has 9 nitrogen and oxygen atoms in total. The second-order valence-electron chi connectivity index (χ2n) is 9.91. The van der Waals surface area contributed by atoms with Crippen LogP contribution in [0.5, 0.6) is 0 Å². The zero-order valence-corrected chi connectivity index (χ0v) is 25.5. The Balaban J connectivity index is 1.45. The standard InChI is InChI=1S/C30H33BrN2O7S/c1-20-15-23(31)9-13-26(20)27(38-3)19-39-29(34)32-24-10-14-28(41(36,37)25-11-12-25)22(16-24)17-33(2)30(35)40-18-21-7-5-4-6-8-21/h4-10,13-16,25,27H,11-12,17-19H2,1-3H3,(H,32,34)/t27-/m0/s1. The minimum atomic E-state index is -3.57. The maximum atomic E-state index is 13.1. The number of aryl methyl sites for hydroxylation is 1. The summed E-state index contributed by atoms with van der Waals surface area (Å²) in [5, 5.41) is 2.22. The van der Waals surface area contributed by atoms with Gasteiger partial charge >= 0.3 is 12.2 Å². The normalized spacial score (nSPS) is 13.8. The average molecular weight is 646 g/mol. The van der Waals surface area contributed by atoms with Gasteiger partial charge in [0.1, 0.15) is 19.3 Å². The molecule has 1 atom stereocenters. The fourth-order valence-corrected chi connectivity index (χ4v) is 6.69. The van der Waals surface area contributed by atoms with Crippen LogP contribution in [0, 0.1) is 6.92 Å². The molecule has 0 bridgehead atoms. The minimum Gasteiger partial charge on any atom is -0.446 e. The number of hydrogen-bond donors (Lipinski definition) is 1. The molecule has 4 rings (SSSR count). The lowest BCUT2D eigenvalue weighted by Crippen LogP contribution is -2.28. The number of amides is 2. The van der Waals surface area contributed by atoms with Crippen LogP contribution in [-0.4, -0.2) is 51.5 Å². The van der Waals surface area contributed by atoms with Gasteiger partial charge in [-0.1, -0.05) is 52.3 Å². The molecule has 41 heavy (non-hydrogen) atoms. The zero-order chi connectivity index (χ0) is 29.6. The number of nitrogens with one attached hydrogen (secondary N) is 1. The van der Waals surface area contributed by atoms with Crippen LogP contribution in [0.25, 0.3) is 0 Å². The van der Waals surface area contributed by atoms with Crippen molar-refractivity contribution in [2.45, 2.75) is 49.2 Å². The molecule has 1 aliphatic rings. The van der Waals surface area contributed by atoms with Crippen LogP contribution in [0.2, 0.25) is 0 Å². The van der Waals surface area contributed by atoms with Gasteiger partial charge in [0.05, 0.1) is 16.7 Å². The molecule has 0 spiro atoms. The highest BCUT2D eigenvalue weighted by Crippen LogP contribution is 2.36. The van der Waals surface area contributed by atoms with E-state index in [9.17, 15) is 18.0 Å². The lowest BCUT2D eigenvalue weighted by molar-refractivity contribution is 0.0383. The van der Waals surface area contributed by atoms with Gasteiger partial charge < -0.3 is 19.1 Å². The van der Waals surface area contributed by atoms with Gasteiger partial charge in [0.25, 0.3) is 0 Å². The van der Waals surface area contributed by atoms with Gasteiger partial charge in [-0.15, -0.1) is 0 Å². The fraction of sp³-hybridized carbons (Fsp3) is 0.333. The van der Waals surface area contributed by atoms with Crippen LogP contribution in [0.1, 0.15) is 41.2 Å². The Kier molecular flexibility index (Phi) is 10.1. The van der Waals surface area contributed by atoms with Crippen molar-refractivity contribution in [2.75, 3.05) is 26.1 Å². The third kappa shape index (κ3) is 8.08. The van der Waals surface area contributed by atoms with Crippen molar-refractivity contribution in [1.82, 2.24) is 4.90 Å². The summed E-state index contributed by atoms with van der Waals surface area (Å²) < 4.78 is 43.6. The first-order chi connectivity index (χ1) is 19.6. The van der Waals surface area contributed by atoms with Crippen molar-refractivity contribution in [3.8, 4) is 0 Å².